The number of methoxy groups -OCH3 is 2. The van der Waals surface area contributed by atoms with Crippen LogP contribution < -0.4 is 9.47 Å². The third kappa shape index (κ3) is 2.30. The summed E-state index contributed by atoms with van der Waals surface area (Å²) in [5.74, 6) is 1.18. The van der Waals surface area contributed by atoms with Crippen molar-refractivity contribution in [3.8, 4) is 11.5 Å². The first-order chi connectivity index (χ1) is 8.67. The predicted molar refractivity (Wildman–Crippen MR) is 67.3 cm³/mol. The van der Waals surface area contributed by atoms with Crippen molar-refractivity contribution in [1.82, 2.24) is 0 Å². The average molecular weight is 269 g/mol. The Hall–Kier alpha value is -1.65. The highest BCUT2D eigenvalue weighted by Crippen LogP contribution is 2.35. The van der Waals surface area contributed by atoms with Gasteiger partial charge in [-0.15, -0.1) is 0 Å². The van der Waals surface area contributed by atoms with E-state index < -0.39 is 6.10 Å². The minimum Gasteiger partial charge on any atom is -0.497 e. The van der Waals surface area contributed by atoms with Crippen LogP contribution in [-0.4, -0.2) is 19.3 Å². The lowest BCUT2D eigenvalue weighted by molar-refractivity contribution is 0.213. The van der Waals surface area contributed by atoms with Crippen LogP contribution in [0.5, 0.6) is 11.5 Å². The molecule has 0 saturated heterocycles. The van der Waals surface area contributed by atoms with Gasteiger partial charge in [-0.2, -0.15) is 0 Å². The van der Waals surface area contributed by atoms with Crippen molar-refractivity contribution in [1.29, 1.82) is 0 Å². The summed E-state index contributed by atoms with van der Waals surface area (Å²) in [6, 6.07) is 6.80. The zero-order chi connectivity index (χ0) is 13.1. The van der Waals surface area contributed by atoms with Crippen LogP contribution in [0, 0.1) is 0 Å². The van der Waals surface area contributed by atoms with Crippen molar-refractivity contribution >= 4 is 11.6 Å². The molecule has 1 atom stereocenters. The van der Waals surface area contributed by atoms with Gasteiger partial charge in [-0.05, 0) is 29.8 Å². The van der Waals surface area contributed by atoms with E-state index in [2.05, 4.69) is 0 Å². The summed E-state index contributed by atoms with van der Waals surface area (Å²) in [5.41, 5.74) is 1.10. The van der Waals surface area contributed by atoms with E-state index in [-0.39, 0.29) is 5.22 Å². The van der Waals surface area contributed by atoms with E-state index >= 15 is 0 Å². The third-order valence-electron chi connectivity index (χ3n) is 2.68. The molecule has 0 spiro atoms. The number of halogens is 1. The monoisotopic (exact) mass is 268 g/mol. The number of furan rings is 1. The van der Waals surface area contributed by atoms with Crippen molar-refractivity contribution in [2.24, 2.45) is 0 Å². The minimum atomic E-state index is -0.905. The fraction of sp³-hybridized carbons (Fsp3) is 0.231. The number of hydrogen-bond acceptors (Lipinski definition) is 4. The van der Waals surface area contributed by atoms with E-state index in [1.807, 2.05) is 0 Å². The van der Waals surface area contributed by atoms with Crippen LogP contribution in [-0.2, 0) is 0 Å². The van der Waals surface area contributed by atoms with E-state index in [4.69, 9.17) is 25.5 Å². The summed E-state index contributed by atoms with van der Waals surface area (Å²) in [4.78, 5) is 0. The highest BCUT2D eigenvalue weighted by atomic mass is 35.5. The highest BCUT2D eigenvalue weighted by Gasteiger charge is 2.20. The smallest absolute Gasteiger partial charge is 0.199 e. The number of ether oxygens (including phenoxy) is 2. The Bertz CT molecular complexity index is 536. The Balaban J connectivity index is 2.41. The van der Waals surface area contributed by atoms with Gasteiger partial charge in [-0.3, -0.25) is 0 Å². The van der Waals surface area contributed by atoms with Crippen molar-refractivity contribution < 1.29 is 19.0 Å². The SMILES string of the molecule is COc1ccc(C(O)c2ccoc2Cl)c(OC)c1. The summed E-state index contributed by atoms with van der Waals surface area (Å²) in [7, 11) is 3.10. The van der Waals surface area contributed by atoms with E-state index in [0.717, 1.165) is 0 Å². The van der Waals surface area contributed by atoms with Gasteiger partial charge in [-0.1, -0.05) is 0 Å². The molecule has 2 aromatic rings. The maximum Gasteiger partial charge on any atom is 0.199 e. The van der Waals surface area contributed by atoms with Crippen LogP contribution in [0.25, 0.3) is 0 Å². The van der Waals surface area contributed by atoms with Crippen LogP contribution >= 0.6 is 11.6 Å². The normalized spacial score (nSPS) is 12.2. The van der Waals surface area contributed by atoms with Crippen molar-refractivity contribution in [3.63, 3.8) is 0 Å². The van der Waals surface area contributed by atoms with Gasteiger partial charge in [0.25, 0.3) is 0 Å². The number of hydrogen-bond donors (Lipinski definition) is 1. The van der Waals surface area contributed by atoms with Gasteiger partial charge in [0.1, 0.15) is 17.6 Å². The van der Waals surface area contributed by atoms with E-state index in [1.165, 1.54) is 13.4 Å². The summed E-state index contributed by atoms with van der Waals surface area (Å²) < 4.78 is 15.3. The molecule has 18 heavy (non-hydrogen) atoms. The molecule has 5 heteroatoms. The first-order valence-electron chi connectivity index (χ1n) is 5.30. The average Bonchev–Trinajstić information content (AvgIpc) is 2.83. The van der Waals surface area contributed by atoms with Crippen molar-refractivity contribution in [2.75, 3.05) is 14.2 Å². The molecule has 0 aliphatic rings. The van der Waals surface area contributed by atoms with Gasteiger partial charge in [0.15, 0.2) is 5.22 Å². The highest BCUT2D eigenvalue weighted by molar-refractivity contribution is 6.29. The maximum atomic E-state index is 10.3. The Labute approximate surface area is 110 Å². The van der Waals surface area contributed by atoms with Crippen LogP contribution in [0.1, 0.15) is 17.2 Å². The lowest BCUT2D eigenvalue weighted by Gasteiger charge is -2.14. The second kappa shape index (κ2) is 5.33. The van der Waals surface area contributed by atoms with Gasteiger partial charge in [0.05, 0.1) is 20.5 Å². The van der Waals surface area contributed by atoms with Gasteiger partial charge < -0.3 is 19.0 Å². The Morgan fingerprint density at radius 3 is 2.50 bits per heavy atom. The Morgan fingerprint density at radius 1 is 1.17 bits per heavy atom. The molecule has 4 nitrogen and oxygen atoms in total. The largest absolute Gasteiger partial charge is 0.497 e. The quantitative estimate of drug-likeness (QED) is 0.926. The fourth-order valence-electron chi connectivity index (χ4n) is 1.71. The molecule has 2 rings (SSSR count). The van der Waals surface area contributed by atoms with Gasteiger partial charge >= 0.3 is 0 Å². The third-order valence-corrected chi connectivity index (χ3v) is 2.98. The Morgan fingerprint density at radius 2 is 1.94 bits per heavy atom. The number of aliphatic hydroxyl groups excluding tert-OH is 1. The first kappa shape index (κ1) is 12.8. The van der Waals surface area contributed by atoms with Crippen LogP contribution in [0.2, 0.25) is 5.22 Å². The van der Waals surface area contributed by atoms with E-state index in [1.54, 1.807) is 31.4 Å². The van der Waals surface area contributed by atoms with Gasteiger partial charge in [0, 0.05) is 17.2 Å². The molecule has 96 valence electrons. The molecule has 0 fully saturated rings. The summed E-state index contributed by atoms with van der Waals surface area (Å²) in [6.07, 6.45) is 0.522. The maximum absolute atomic E-state index is 10.3. The molecule has 1 aromatic heterocycles. The molecular weight excluding hydrogens is 256 g/mol. The molecule has 1 N–H and O–H groups in total. The van der Waals surface area contributed by atoms with Crippen molar-refractivity contribution in [3.05, 3.63) is 46.9 Å². The second-order valence-electron chi connectivity index (χ2n) is 3.66. The summed E-state index contributed by atoms with van der Waals surface area (Å²) >= 11 is 5.85. The molecule has 0 aliphatic heterocycles. The predicted octanol–water partition coefficient (Wildman–Crippen LogP) is 3.03. The minimum absolute atomic E-state index is 0.167. The van der Waals surface area contributed by atoms with Crippen molar-refractivity contribution in [2.45, 2.75) is 6.10 Å². The molecular formula is C13H13ClO4. The number of aliphatic hydroxyl groups is 1. The van der Waals surface area contributed by atoms with E-state index in [0.29, 0.717) is 22.6 Å². The van der Waals surface area contributed by atoms with Crippen LogP contribution in [0.15, 0.2) is 34.9 Å². The van der Waals surface area contributed by atoms with Crippen LogP contribution in [0.4, 0.5) is 0 Å². The second-order valence-corrected chi connectivity index (χ2v) is 4.00. The molecule has 0 amide bonds. The number of benzene rings is 1. The lowest BCUT2D eigenvalue weighted by atomic mass is 10.0. The zero-order valence-corrected chi connectivity index (χ0v) is 10.8. The molecule has 0 bridgehead atoms. The molecule has 1 aromatic carbocycles. The summed E-state index contributed by atoms with van der Waals surface area (Å²) in [5, 5.41) is 10.4. The van der Waals surface area contributed by atoms with E-state index in [9.17, 15) is 5.11 Å². The van der Waals surface area contributed by atoms with Crippen LogP contribution in [0.3, 0.4) is 0 Å². The molecule has 0 radical (unpaired) electrons. The topological polar surface area (TPSA) is 51.8 Å². The fourth-order valence-corrected chi connectivity index (χ4v) is 1.93. The number of rotatable bonds is 4. The first-order valence-corrected chi connectivity index (χ1v) is 5.68. The molecule has 1 heterocycles. The Kier molecular flexibility index (Phi) is 3.79. The van der Waals surface area contributed by atoms with Gasteiger partial charge in [0.2, 0.25) is 0 Å². The molecule has 0 saturated carbocycles. The zero-order valence-electron chi connectivity index (χ0n) is 10.0. The summed E-state index contributed by atoms with van der Waals surface area (Å²) in [6.45, 7) is 0. The molecule has 1 unspecified atom stereocenters. The lowest BCUT2D eigenvalue weighted by Crippen LogP contribution is -2.02. The standard InChI is InChI=1S/C13H13ClO4/c1-16-8-3-4-9(11(7-8)17-2)12(15)10-5-6-18-13(10)14/h3-7,12,15H,1-2H3. The van der Waals surface area contributed by atoms with Gasteiger partial charge in [-0.25, -0.2) is 0 Å². The molecule has 0 aliphatic carbocycles.